The summed E-state index contributed by atoms with van der Waals surface area (Å²) in [6, 6.07) is 2.35. The Bertz CT molecular complexity index is 810. The van der Waals surface area contributed by atoms with Crippen LogP contribution in [0, 0.1) is 5.92 Å². The molecule has 8 nitrogen and oxygen atoms in total. The highest BCUT2D eigenvalue weighted by atomic mass is 16.5. The third-order valence-electron chi connectivity index (χ3n) is 6.99. The van der Waals surface area contributed by atoms with Gasteiger partial charge in [-0.2, -0.15) is 0 Å². The lowest BCUT2D eigenvalue weighted by atomic mass is 9.99. The Hall–Kier alpha value is -2.19. The summed E-state index contributed by atoms with van der Waals surface area (Å²) < 4.78 is 5.46. The third kappa shape index (κ3) is 3.90. The van der Waals surface area contributed by atoms with Gasteiger partial charge in [-0.1, -0.05) is 0 Å². The van der Waals surface area contributed by atoms with Gasteiger partial charge in [-0.05, 0) is 50.6 Å². The van der Waals surface area contributed by atoms with Crippen LogP contribution in [0.3, 0.4) is 0 Å². The average Bonchev–Trinajstić information content (AvgIpc) is 3.12. The van der Waals surface area contributed by atoms with E-state index in [-0.39, 0.29) is 18.4 Å². The van der Waals surface area contributed by atoms with E-state index < -0.39 is 0 Å². The van der Waals surface area contributed by atoms with Crippen molar-refractivity contribution in [2.45, 2.75) is 38.1 Å². The molecule has 4 aliphatic rings. The first-order valence-electron chi connectivity index (χ1n) is 11.3. The van der Waals surface area contributed by atoms with Gasteiger partial charge in [-0.25, -0.2) is 4.98 Å². The first kappa shape index (κ1) is 19.8. The highest BCUT2D eigenvalue weighted by Gasteiger charge is 2.33. The second kappa shape index (κ2) is 8.51. The van der Waals surface area contributed by atoms with Crippen LogP contribution in [0.15, 0.2) is 12.3 Å². The van der Waals surface area contributed by atoms with E-state index in [1.54, 1.807) is 6.20 Å². The molecule has 2 amide bonds. The van der Waals surface area contributed by atoms with E-state index in [9.17, 15) is 9.59 Å². The molecule has 3 fully saturated rings. The molecule has 0 aliphatic carbocycles. The van der Waals surface area contributed by atoms with Crippen molar-refractivity contribution in [3.63, 3.8) is 0 Å². The Morgan fingerprint density at radius 3 is 2.87 bits per heavy atom. The minimum atomic E-state index is 0.0306. The number of ether oxygens (including phenoxy) is 1. The highest BCUT2D eigenvalue weighted by Crippen LogP contribution is 2.31. The van der Waals surface area contributed by atoms with Gasteiger partial charge in [0.25, 0.3) is 5.91 Å². The number of nitrogens with one attached hydrogen (secondary N) is 1. The van der Waals surface area contributed by atoms with Gasteiger partial charge >= 0.3 is 0 Å². The number of carbonyl (C=O) groups is 2. The van der Waals surface area contributed by atoms with Gasteiger partial charge < -0.3 is 19.9 Å². The van der Waals surface area contributed by atoms with Gasteiger partial charge in [0.05, 0.1) is 17.8 Å². The van der Waals surface area contributed by atoms with Crippen LogP contribution in [0.4, 0.5) is 11.5 Å². The molecule has 0 bridgehead atoms. The molecule has 0 saturated carbocycles. The van der Waals surface area contributed by atoms with Crippen molar-refractivity contribution in [3.05, 3.63) is 17.8 Å². The maximum atomic E-state index is 13.3. The third-order valence-corrected chi connectivity index (χ3v) is 6.99. The number of rotatable bonds is 3. The Morgan fingerprint density at radius 1 is 1.17 bits per heavy atom. The summed E-state index contributed by atoms with van der Waals surface area (Å²) in [5.74, 6) is 1.18. The Labute approximate surface area is 177 Å². The number of hydrogen-bond donors (Lipinski definition) is 1. The summed E-state index contributed by atoms with van der Waals surface area (Å²) in [5, 5.41) is 3.11. The lowest BCUT2D eigenvalue weighted by Gasteiger charge is -2.34. The van der Waals surface area contributed by atoms with E-state index >= 15 is 0 Å². The maximum Gasteiger partial charge on any atom is 0.255 e. The van der Waals surface area contributed by atoms with Gasteiger partial charge in [-0.3, -0.25) is 14.5 Å². The van der Waals surface area contributed by atoms with E-state index in [1.165, 1.54) is 12.8 Å². The molecule has 0 spiro atoms. The van der Waals surface area contributed by atoms with Crippen LogP contribution in [-0.4, -0.2) is 85.1 Å². The molecule has 0 radical (unpaired) electrons. The smallest absolute Gasteiger partial charge is 0.255 e. The van der Waals surface area contributed by atoms with Gasteiger partial charge in [0, 0.05) is 51.6 Å². The number of anilines is 2. The Morgan fingerprint density at radius 2 is 2.00 bits per heavy atom. The predicted octanol–water partition coefficient (Wildman–Crippen LogP) is 1.58. The molecule has 3 saturated heterocycles. The molecule has 5 rings (SSSR count). The zero-order valence-electron chi connectivity index (χ0n) is 17.5. The number of fused-ring (bicyclic) bond motifs is 2. The van der Waals surface area contributed by atoms with Crippen LogP contribution < -0.4 is 10.2 Å². The van der Waals surface area contributed by atoms with Crippen LogP contribution in [0.25, 0.3) is 0 Å². The SMILES string of the molecule is O=C(c1cnc2c(c1)N(CC1CCOCC1)C(=O)CN2)N1CCCN2CCC[C@H]2C1. The van der Waals surface area contributed by atoms with Crippen molar-refractivity contribution < 1.29 is 14.3 Å². The zero-order valence-corrected chi connectivity index (χ0v) is 17.5. The number of hydrogen-bond acceptors (Lipinski definition) is 6. The lowest BCUT2D eigenvalue weighted by molar-refractivity contribution is -0.117. The van der Waals surface area contributed by atoms with Crippen molar-refractivity contribution in [1.82, 2.24) is 14.8 Å². The van der Waals surface area contributed by atoms with Crippen LogP contribution in [0.1, 0.15) is 42.5 Å². The van der Waals surface area contributed by atoms with Crippen molar-refractivity contribution in [2.75, 3.05) is 62.7 Å². The molecular weight excluding hydrogens is 382 g/mol. The number of aromatic nitrogens is 1. The van der Waals surface area contributed by atoms with Crippen LogP contribution in [-0.2, 0) is 9.53 Å². The summed E-state index contributed by atoms with van der Waals surface area (Å²) in [5.41, 5.74) is 1.31. The highest BCUT2D eigenvalue weighted by molar-refractivity contribution is 6.04. The molecule has 4 aliphatic heterocycles. The lowest BCUT2D eigenvalue weighted by Crippen LogP contribution is -2.44. The van der Waals surface area contributed by atoms with Crippen molar-refractivity contribution in [3.8, 4) is 0 Å². The van der Waals surface area contributed by atoms with Crippen LogP contribution >= 0.6 is 0 Å². The Balaban J connectivity index is 1.36. The summed E-state index contributed by atoms with van der Waals surface area (Å²) in [6.07, 6.45) is 6.99. The molecule has 8 heteroatoms. The van der Waals surface area contributed by atoms with Gasteiger partial charge in [-0.15, -0.1) is 0 Å². The number of carbonyl (C=O) groups excluding carboxylic acids is 2. The number of amides is 2. The quantitative estimate of drug-likeness (QED) is 0.811. The van der Waals surface area contributed by atoms with E-state index in [0.717, 1.165) is 64.3 Å². The van der Waals surface area contributed by atoms with Crippen LogP contribution in [0.2, 0.25) is 0 Å². The minimum Gasteiger partial charge on any atom is -0.381 e. The fraction of sp³-hybridized carbons (Fsp3) is 0.682. The first-order valence-corrected chi connectivity index (χ1v) is 11.3. The normalized spacial score (nSPS) is 25.5. The second-order valence-electron chi connectivity index (χ2n) is 8.94. The topological polar surface area (TPSA) is 78.0 Å². The molecule has 30 heavy (non-hydrogen) atoms. The minimum absolute atomic E-state index is 0.0306. The molecule has 1 aromatic heterocycles. The van der Waals surface area contributed by atoms with Gasteiger partial charge in [0.2, 0.25) is 5.91 Å². The van der Waals surface area contributed by atoms with Gasteiger partial charge in [0.15, 0.2) is 0 Å². The van der Waals surface area contributed by atoms with Crippen molar-refractivity contribution in [2.24, 2.45) is 5.92 Å². The van der Waals surface area contributed by atoms with E-state index in [1.807, 2.05) is 15.9 Å². The standard InChI is InChI=1S/C22H31N5O3/c28-20-13-24-21-19(27(20)14-16-4-9-30-10-5-16)11-17(12-23-21)22(29)26-8-2-7-25-6-1-3-18(25)15-26/h11-12,16,18H,1-10,13-15H2,(H,23,24)/t18-/m0/s1. The van der Waals surface area contributed by atoms with Crippen LogP contribution in [0.5, 0.6) is 0 Å². The molecule has 1 N–H and O–H groups in total. The molecular formula is C22H31N5O3. The first-order chi connectivity index (χ1) is 14.7. The largest absolute Gasteiger partial charge is 0.381 e. The number of pyridine rings is 1. The van der Waals surface area contributed by atoms with Crippen molar-refractivity contribution >= 4 is 23.3 Å². The average molecular weight is 414 g/mol. The molecule has 5 heterocycles. The fourth-order valence-corrected chi connectivity index (χ4v) is 5.26. The number of nitrogens with zero attached hydrogens (tertiary/aromatic N) is 4. The monoisotopic (exact) mass is 413 g/mol. The molecule has 1 atom stereocenters. The summed E-state index contributed by atoms with van der Waals surface area (Å²) in [4.78, 5) is 36.9. The predicted molar refractivity (Wildman–Crippen MR) is 114 cm³/mol. The molecule has 0 aromatic carbocycles. The summed E-state index contributed by atoms with van der Waals surface area (Å²) >= 11 is 0. The zero-order chi connectivity index (χ0) is 20.5. The Kier molecular flexibility index (Phi) is 5.60. The maximum absolute atomic E-state index is 13.3. The summed E-state index contributed by atoms with van der Waals surface area (Å²) in [6.45, 7) is 6.22. The van der Waals surface area contributed by atoms with Gasteiger partial charge in [0.1, 0.15) is 5.82 Å². The molecule has 0 unspecified atom stereocenters. The molecule has 1 aromatic rings. The van der Waals surface area contributed by atoms with E-state index in [0.29, 0.717) is 29.9 Å². The summed E-state index contributed by atoms with van der Waals surface area (Å²) in [7, 11) is 0. The van der Waals surface area contributed by atoms with E-state index in [4.69, 9.17) is 4.74 Å². The second-order valence-corrected chi connectivity index (χ2v) is 8.94. The van der Waals surface area contributed by atoms with Crippen molar-refractivity contribution in [1.29, 1.82) is 0 Å². The molecule has 162 valence electrons. The van der Waals surface area contributed by atoms with E-state index in [2.05, 4.69) is 15.2 Å². The fourth-order valence-electron chi connectivity index (χ4n) is 5.26.